The number of alkyl halides is 1. The number of benzene rings is 1. The molecule has 1 aromatic rings. The van der Waals surface area contributed by atoms with Crippen LogP contribution in [0.5, 0.6) is 0 Å². The molecule has 3 heteroatoms. The summed E-state index contributed by atoms with van der Waals surface area (Å²) < 4.78 is 13.5. The zero-order valence-electron chi connectivity index (χ0n) is 9.71. The van der Waals surface area contributed by atoms with E-state index in [9.17, 15) is 14.0 Å². The fourth-order valence-corrected chi connectivity index (χ4v) is 1.46. The van der Waals surface area contributed by atoms with Crippen molar-refractivity contribution in [3.8, 4) is 0 Å². The van der Waals surface area contributed by atoms with Gasteiger partial charge in [0.15, 0.2) is 5.78 Å². The third kappa shape index (κ3) is 2.54. The molecule has 0 saturated heterocycles. The number of Topliss-reactive ketones (excluding diaryl/α,β-unsaturated/α-hetero) is 2. The first kappa shape index (κ1) is 12.6. The number of carbonyl (C=O) groups is 2. The summed E-state index contributed by atoms with van der Waals surface area (Å²) in [6.07, 6.45) is -1.98. The van der Waals surface area contributed by atoms with Gasteiger partial charge in [-0.25, -0.2) is 4.39 Å². The van der Waals surface area contributed by atoms with Crippen molar-refractivity contribution in [1.29, 1.82) is 0 Å². The summed E-state index contributed by atoms with van der Waals surface area (Å²) in [5, 5.41) is 0. The van der Waals surface area contributed by atoms with Crippen molar-refractivity contribution in [2.24, 2.45) is 0 Å². The molecule has 0 amide bonds. The summed E-state index contributed by atoms with van der Waals surface area (Å²) in [6, 6.07) is 5.22. The van der Waals surface area contributed by atoms with Crippen LogP contribution in [0.25, 0.3) is 0 Å². The molecule has 0 aromatic heterocycles. The second kappa shape index (κ2) is 5.01. The minimum atomic E-state index is -2.02. The van der Waals surface area contributed by atoms with Crippen molar-refractivity contribution >= 4 is 11.6 Å². The van der Waals surface area contributed by atoms with Gasteiger partial charge >= 0.3 is 0 Å². The molecule has 0 fully saturated rings. The Morgan fingerprint density at radius 3 is 2.50 bits per heavy atom. The van der Waals surface area contributed by atoms with E-state index in [1.165, 1.54) is 0 Å². The highest BCUT2D eigenvalue weighted by Gasteiger charge is 2.26. The van der Waals surface area contributed by atoms with E-state index >= 15 is 0 Å². The highest BCUT2D eigenvalue weighted by atomic mass is 19.1. The van der Waals surface area contributed by atoms with Gasteiger partial charge in [-0.15, -0.1) is 0 Å². The normalized spacial score (nSPS) is 12.2. The highest BCUT2D eigenvalue weighted by molar-refractivity contribution is 6.13. The SMILES string of the molecule is CCC(=O)C(F)C(=O)c1cc(C)ccc1C. The molecule has 86 valence electrons. The van der Waals surface area contributed by atoms with Crippen molar-refractivity contribution in [1.82, 2.24) is 0 Å². The van der Waals surface area contributed by atoms with Gasteiger partial charge in [0.25, 0.3) is 0 Å². The smallest absolute Gasteiger partial charge is 0.220 e. The molecule has 0 bridgehead atoms. The molecule has 1 rings (SSSR count). The topological polar surface area (TPSA) is 34.1 Å². The molecule has 0 heterocycles. The van der Waals surface area contributed by atoms with Crippen LogP contribution in [0.2, 0.25) is 0 Å². The van der Waals surface area contributed by atoms with Crippen LogP contribution in [-0.4, -0.2) is 17.7 Å². The number of halogens is 1. The summed E-state index contributed by atoms with van der Waals surface area (Å²) >= 11 is 0. The van der Waals surface area contributed by atoms with Gasteiger partial charge in [-0.3, -0.25) is 9.59 Å². The van der Waals surface area contributed by atoms with Crippen LogP contribution < -0.4 is 0 Å². The molecule has 0 saturated carbocycles. The van der Waals surface area contributed by atoms with E-state index < -0.39 is 17.7 Å². The zero-order chi connectivity index (χ0) is 12.3. The Morgan fingerprint density at radius 2 is 1.94 bits per heavy atom. The van der Waals surface area contributed by atoms with Crippen molar-refractivity contribution in [3.05, 3.63) is 34.9 Å². The minimum absolute atomic E-state index is 0.0395. The first-order chi connectivity index (χ1) is 7.47. The number of hydrogen-bond acceptors (Lipinski definition) is 2. The molecular formula is C13H15FO2. The lowest BCUT2D eigenvalue weighted by atomic mass is 9.97. The monoisotopic (exact) mass is 222 g/mol. The molecular weight excluding hydrogens is 207 g/mol. The van der Waals surface area contributed by atoms with Crippen molar-refractivity contribution in [3.63, 3.8) is 0 Å². The second-order valence-electron chi connectivity index (χ2n) is 3.87. The Kier molecular flexibility index (Phi) is 3.93. The van der Waals surface area contributed by atoms with Crippen molar-refractivity contribution in [2.45, 2.75) is 33.4 Å². The van der Waals surface area contributed by atoms with Gasteiger partial charge in [0.2, 0.25) is 12.0 Å². The van der Waals surface area contributed by atoms with Crippen LogP contribution in [0.4, 0.5) is 4.39 Å². The molecule has 0 aliphatic heterocycles. The van der Waals surface area contributed by atoms with Crippen LogP contribution >= 0.6 is 0 Å². The van der Waals surface area contributed by atoms with Crippen molar-refractivity contribution < 1.29 is 14.0 Å². The lowest BCUT2D eigenvalue weighted by Gasteiger charge is -2.08. The third-order valence-corrected chi connectivity index (χ3v) is 2.52. The average molecular weight is 222 g/mol. The van der Waals surface area contributed by atoms with Gasteiger partial charge in [0.05, 0.1) is 0 Å². The van der Waals surface area contributed by atoms with Crippen LogP contribution in [0, 0.1) is 13.8 Å². The largest absolute Gasteiger partial charge is 0.296 e. The summed E-state index contributed by atoms with van der Waals surface area (Å²) in [5.41, 5.74) is 1.88. The van der Waals surface area contributed by atoms with E-state index in [0.29, 0.717) is 11.1 Å². The van der Waals surface area contributed by atoms with Gasteiger partial charge in [-0.1, -0.05) is 24.6 Å². The summed E-state index contributed by atoms with van der Waals surface area (Å²) in [4.78, 5) is 22.8. The third-order valence-electron chi connectivity index (χ3n) is 2.52. The first-order valence-corrected chi connectivity index (χ1v) is 5.25. The van der Waals surface area contributed by atoms with Crippen molar-refractivity contribution in [2.75, 3.05) is 0 Å². The number of hydrogen-bond donors (Lipinski definition) is 0. The molecule has 0 spiro atoms. The molecule has 16 heavy (non-hydrogen) atoms. The van der Waals surface area contributed by atoms with Crippen LogP contribution in [-0.2, 0) is 4.79 Å². The van der Waals surface area contributed by atoms with Gasteiger partial charge < -0.3 is 0 Å². The number of carbonyl (C=O) groups excluding carboxylic acids is 2. The Morgan fingerprint density at radius 1 is 1.31 bits per heavy atom. The zero-order valence-corrected chi connectivity index (χ0v) is 9.71. The van der Waals surface area contributed by atoms with E-state index in [2.05, 4.69) is 0 Å². The van der Waals surface area contributed by atoms with Gasteiger partial charge in [0, 0.05) is 12.0 Å². The van der Waals surface area contributed by atoms with E-state index in [1.54, 1.807) is 26.0 Å². The maximum atomic E-state index is 13.5. The molecule has 2 nitrogen and oxygen atoms in total. The molecule has 0 aliphatic carbocycles. The molecule has 0 aliphatic rings. The summed E-state index contributed by atoms with van der Waals surface area (Å²) in [6.45, 7) is 5.10. The van der Waals surface area contributed by atoms with E-state index in [0.717, 1.165) is 5.56 Å². The summed E-state index contributed by atoms with van der Waals surface area (Å²) in [5.74, 6) is -1.39. The van der Waals surface area contributed by atoms with Gasteiger partial charge in [0.1, 0.15) is 0 Å². The van der Waals surface area contributed by atoms with Crippen LogP contribution in [0.1, 0.15) is 34.8 Å². The predicted molar refractivity (Wildman–Crippen MR) is 60.4 cm³/mol. The van der Waals surface area contributed by atoms with Crippen LogP contribution in [0.3, 0.4) is 0 Å². The van der Waals surface area contributed by atoms with E-state index in [-0.39, 0.29) is 6.42 Å². The standard InChI is InChI=1S/C13H15FO2/c1-4-11(15)12(14)13(16)10-7-8(2)5-6-9(10)3/h5-7,12H,4H2,1-3H3. The second-order valence-corrected chi connectivity index (χ2v) is 3.87. The minimum Gasteiger partial charge on any atom is -0.296 e. The quantitative estimate of drug-likeness (QED) is 0.580. The van der Waals surface area contributed by atoms with Gasteiger partial charge in [-0.05, 0) is 25.5 Å². The predicted octanol–water partition coefficient (Wildman–Crippen LogP) is 2.80. The Balaban J connectivity index is 3.05. The van der Waals surface area contributed by atoms with E-state index in [4.69, 9.17) is 0 Å². The molecule has 1 aromatic carbocycles. The Bertz CT molecular complexity index is 424. The maximum absolute atomic E-state index is 13.5. The first-order valence-electron chi connectivity index (χ1n) is 5.25. The molecule has 0 radical (unpaired) electrons. The molecule has 1 unspecified atom stereocenters. The lowest BCUT2D eigenvalue weighted by molar-refractivity contribution is -0.121. The number of rotatable bonds is 4. The molecule has 0 N–H and O–H groups in total. The number of ketones is 2. The average Bonchev–Trinajstić information content (AvgIpc) is 2.29. The molecule has 1 atom stereocenters. The van der Waals surface area contributed by atoms with Crippen LogP contribution in [0.15, 0.2) is 18.2 Å². The van der Waals surface area contributed by atoms with Gasteiger partial charge in [-0.2, -0.15) is 0 Å². The lowest BCUT2D eigenvalue weighted by Crippen LogP contribution is -2.25. The Hall–Kier alpha value is -1.51. The highest BCUT2D eigenvalue weighted by Crippen LogP contribution is 2.15. The summed E-state index contributed by atoms with van der Waals surface area (Å²) in [7, 11) is 0. The maximum Gasteiger partial charge on any atom is 0.220 e. The van der Waals surface area contributed by atoms with E-state index in [1.807, 2.05) is 13.0 Å². The number of aryl methyl sites for hydroxylation is 2. The fourth-order valence-electron chi connectivity index (χ4n) is 1.46. The Labute approximate surface area is 94.5 Å². The fraction of sp³-hybridized carbons (Fsp3) is 0.385.